The second-order valence-corrected chi connectivity index (χ2v) is 5.12. The van der Waals surface area contributed by atoms with E-state index in [0.717, 1.165) is 12.2 Å². The summed E-state index contributed by atoms with van der Waals surface area (Å²) in [7, 11) is 0. The molecular formula is C15H20O2. The fourth-order valence-corrected chi connectivity index (χ4v) is 2.84. The third kappa shape index (κ3) is 2.06. The molecule has 2 atom stereocenters. The van der Waals surface area contributed by atoms with E-state index in [1.54, 1.807) is 0 Å². The Balaban J connectivity index is 1.69. The molecule has 2 aliphatic rings. The van der Waals surface area contributed by atoms with Crippen LogP contribution in [0.15, 0.2) is 12.1 Å². The molecule has 0 aromatic heterocycles. The van der Waals surface area contributed by atoms with Gasteiger partial charge in [0.1, 0.15) is 18.5 Å². The van der Waals surface area contributed by atoms with Crippen molar-refractivity contribution in [3.05, 3.63) is 28.8 Å². The maximum Gasteiger partial charge on any atom is 0.122 e. The van der Waals surface area contributed by atoms with E-state index in [0.29, 0.717) is 18.8 Å². The topological polar surface area (TPSA) is 21.8 Å². The van der Waals surface area contributed by atoms with Gasteiger partial charge in [-0.15, -0.1) is 0 Å². The molecule has 2 heteroatoms. The maximum atomic E-state index is 5.93. The summed E-state index contributed by atoms with van der Waals surface area (Å²) >= 11 is 0. The summed E-state index contributed by atoms with van der Waals surface area (Å²) in [4.78, 5) is 0. The van der Waals surface area contributed by atoms with Gasteiger partial charge in [-0.3, -0.25) is 0 Å². The van der Waals surface area contributed by atoms with Gasteiger partial charge in [-0.05, 0) is 55.4 Å². The quantitative estimate of drug-likeness (QED) is 0.744. The van der Waals surface area contributed by atoms with Gasteiger partial charge in [0.15, 0.2) is 0 Å². The largest absolute Gasteiger partial charge is 0.490 e. The Hall–Kier alpha value is -1.02. The van der Waals surface area contributed by atoms with Crippen LogP contribution in [0.5, 0.6) is 5.75 Å². The van der Waals surface area contributed by atoms with Crippen LogP contribution in [-0.4, -0.2) is 18.8 Å². The highest BCUT2D eigenvalue weighted by Gasteiger charge is 2.37. The van der Waals surface area contributed by atoms with Crippen LogP contribution in [0.3, 0.4) is 0 Å². The highest BCUT2D eigenvalue weighted by atomic mass is 16.6. The summed E-state index contributed by atoms with van der Waals surface area (Å²) in [5, 5.41) is 0. The number of fused-ring (bicyclic) bond motifs is 1. The molecule has 0 amide bonds. The van der Waals surface area contributed by atoms with Gasteiger partial charge in [0.05, 0.1) is 6.10 Å². The first-order valence-electron chi connectivity index (χ1n) is 6.69. The van der Waals surface area contributed by atoms with Gasteiger partial charge < -0.3 is 9.47 Å². The van der Waals surface area contributed by atoms with Crippen molar-refractivity contribution in [2.75, 3.05) is 6.61 Å². The molecular weight excluding hydrogens is 212 g/mol. The number of hydrogen-bond acceptors (Lipinski definition) is 2. The first-order chi connectivity index (χ1) is 8.29. The number of rotatable bonds is 4. The van der Waals surface area contributed by atoms with E-state index in [-0.39, 0.29) is 0 Å². The molecule has 1 fully saturated rings. The van der Waals surface area contributed by atoms with E-state index >= 15 is 0 Å². The fraction of sp³-hybridized carbons (Fsp3) is 0.600. The van der Waals surface area contributed by atoms with Gasteiger partial charge >= 0.3 is 0 Å². The molecule has 0 radical (unpaired) electrons. The minimum Gasteiger partial charge on any atom is -0.490 e. The van der Waals surface area contributed by atoms with Crippen LogP contribution in [0.2, 0.25) is 0 Å². The Morgan fingerprint density at radius 1 is 1.24 bits per heavy atom. The Kier molecular flexibility index (Phi) is 2.83. The molecule has 1 aliphatic heterocycles. The molecule has 0 N–H and O–H groups in total. The summed E-state index contributed by atoms with van der Waals surface area (Å²) in [6.45, 7) is 5.08. The molecule has 17 heavy (non-hydrogen) atoms. The van der Waals surface area contributed by atoms with Gasteiger partial charge in [-0.2, -0.15) is 0 Å². The van der Waals surface area contributed by atoms with Crippen molar-refractivity contribution in [1.29, 1.82) is 0 Å². The molecule has 1 aromatic carbocycles. The lowest BCUT2D eigenvalue weighted by Crippen LogP contribution is -2.08. The predicted octanol–water partition coefficient (Wildman–Crippen LogP) is 3.04. The number of hydrogen-bond donors (Lipinski definition) is 0. The minimum absolute atomic E-state index is 0.332. The van der Waals surface area contributed by atoms with Crippen LogP contribution < -0.4 is 4.74 Å². The molecule has 0 spiro atoms. The molecule has 1 aliphatic carbocycles. The van der Waals surface area contributed by atoms with E-state index in [4.69, 9.17) is 9.47 Å². The lowest BCUT2D eigenvalue weighted by molar-refractivity contribution is 0.258. The Labute approximate surface area is 103 Å². The first kappa shape index (κ1) is 11.1. The summed E-state index contributed by atoms with van der Waals surface area (Å²) in [5.74, 6) is 1.09. The van der Waals surface area contributed by atoms with Crippen molar-refractivity contribution in [3.8, 4) is 5.75 Å². The van der Waals surface area contributed by atoms with Crippen LogP contribution in [0, 0.1) is 6.92 Å². The molecule has 1 saturated heterocycles. The van der Waals surface area contributed by atoms with Crippen molar-refractivity contribution < 1.29 is 9.47 Å². The Morgan fingerprint density at radius 3 is 2.82 bits per heavy atom. The third-order valence-electron chi connectivity index (χ3n) is 3.97. The Bertz CT molecular complexity index is 425. The van der Waals surface area contributed by atoms with Gasteiger partial charge in [0, 0.05) is 0 Å². The van der Waals surface area contributed by atoms with Crippen LogP contribution >= 0.6 is 0 Å². The minimum atomic E-state index is 0.332. The van der Waals surface area contributed by atoms with E-state index in [1.807, 2.05) is 0 Å². The lowest BCUT2D eigenvalue weighted by Gasteiger charge is -2.11. The summed E-state index contributed by atoms with van der Waals surface area (Å²) in [6.07, 6.45) is 5.53. The lowest BCUT2D eigenvalue weighted by atomic mass is 10.0. The standard InChI is InChI=1S/C15H20O2/c1-3-13-15(17-13)9-16-14-8-7-10(2)11-5-4-6-12(11)14/h7-8,13,15H,3-6,9H2,1-2H3. The molecule has 0 bridgehead atoms. The maximum absolute atomic E-state index is 5.93. The second-order valence-electron chi connectivity index (χ2n) is 5.12. The number of aryl methyl sites for hydroxylation is 1. The zero-order valence-electron chi connectivity index (χ0n) is 10.7. The third-order valence-corrected chi connectivity index (χ3v) is 3.97. The molecule has 92 valence electrons. The van der Waals surface area contributed by atoms with Crippen LogP contribution in [-0.2, 0) is 17.6 Å². The molecule has 1 heterocycles. The van der Waals surface area contributed by atoms with Crippen LogP contribution in [0.25, 0.3) is 0 Å². The zero-order valence-corrected chi connectivity index (χ0v) is 10.7. The van der Waals surface area contributed by atoms with Crippen molar-refractivity contribution in [3.63, 3.8) is 0 Å². The first-order valence-corrected chi connectivity index (χ1v) is 6.69. The number of ether oxygens (including phenoxy) is 2. The van der Waals surface area contributed by atoms with Crippen molar-refractivity contribution in [2.45, 2.75) is 51.7 Å². The zero-order chi connectivity index (χ0) is 11.8. The second kappa shape index (κ2) is 4.34. The normalized spacial score (nSPS) is 25.8. The van der Waals surface area contributed by atoms with E-state index in [2.05, 4.69) is 26.0 Å². The highest BCUT2D eigenvalue weighted by Crippen LogP contribution is 2.34. The van der Waals surface area contributed by atoms with Crippen molar-refractivity contribution in [1.82, 2.24) is 0 Å². The fourth-order valence-electron chi connectivity index (χ4n) is 2.84. The monoisotopic (exact) mass is 232 g/mol. The molecule has 3 rings (SSSR count). The SMILES string of the molecule is CCC1OC1COc1ccc(C)c2c1CCC2. The highest BCUT2D eigenvalue weighted by molar-refractivity contribution is 5.47. The molecule has 0 saturated carbocycles. The van der Waals surface area contributed by atoms with Gasteiger partial charge in [0.2, 0.25) is 0 Å². The van der Waals surface area contributed by atoms with Gasteiger partial charge in [-0.1, -0.05) is 13.0 Å². The van der Waals surface area contributed by atoms with E-state index in [1.165, 1.54) is 36.0 Å². The van der Waals surface area contributed by atoms with Crippen LogP contribution in [0.1, 0.15) is 36.5 Å². The Morgan fingerprint density at radius 2 is 2.06 bits per heavy atom. The predicted molar refractivity (Wildman–Crippen MR) is 67.7 cm³/mol. The molecule has 2 unspecified atom stereocenters. The van der Waals surface area contributed by atoms with Gasteiger partial charge in [0.25, 0.3) is 0 Å². The summed E-state index contributed by atoms with van der Waals surface area (Å²) in [6, 6.07) is 4.31. The number of benzene rings is 1. The van der Waals surface area contributed by atoms with E-state index in [9.17, 15) is 0 Å². The average molecular weight is 232 g/mol. The molecule has 2 nitrogen and oxygen atoms in total. The summed E-state index contributed by atoms with van der Waals surface area (Å²) in [5.41, 5.74) is 4.38. The molecule has 1 aromatic rings. The van der Waals surface area contributed by atoms with E-state index < -0.39 is 0 Å². The van der Waals surface area contributed by atoms with Gasteiger partial charge in [-0.25, -0.2) is 0 Å². The van der Waals surface area contributed by atoms with Crippen LogP contribution in [0.4, 0.5) is 0 Å². The summed E-state index contributed by atoms with van der Waals surface area (Å²) < 4.78 is 11.4. The van der Waals surface area contributed by atoms with Crippen molar-refractivity contribution >= 4 is 0 Å². The smallest absolute Gasteiger partial charge is 0.122 e. The van der Waals surface area contributed by atoms with Crippen molar-refractivity contribution in [2.24, 2.45) is 0 Å². The number of epoxide rings is 1. The average Bonchev–Trinajstić information content (AvgIpc) is 2.91.